The molecule has 1 N–H and O–H groups in total. The number of halogens is 2. The normalized spacial score (nSPS) is 12.1. The summed E-state index contributed by atoms with van der Waals surface area (Å²) in [7, 11) is -2.63. The first kappa shape index (κ1) is 28.5. The Balaban J connectivity index is 2.04. The van der Waals surface area contributed by atoms with Crippen molar-refractivity contribution in [2.24, 2.45) is 0 Å². The van der Waals surface area contributed by atoms with Gasteiger partial charge in [-0.3, -0.25) is 13.9 Å². The lowest BCUT2D eigenvalue weighted by Crippen LogP contribution is -2.50. The van der Waals surface area contributed by atoms with Crippen molar-refractivity contribution < 1.29 is 18.0 Å². The molecule has 37 heavy (non-hydrogen) atoms. The number of hydrogen-bond acceptors (Lipinski definition) is 4. The molecule has 3 aromatic rings. The Bertz CT molecular complexity index is 1400. The maximum Gasteiger partial charge on any atom is 0.264 e. The van der Waals surface area contributed by atoms with E-state index < -0.39 is 34.4 Å². The Morgan fingerprint density at radius 1 is 0.919 bits per heavy atom. The summed E-state index contributed by atoms with van der Waals surface area (Å²) in [5, 5.41) is 3.21. The lowest BCUT2D eigenvalue weighted by molar-refractivity contribution is -0.139. The highest BCUT2D eigenvalue weighted by Crippen LogP contribution is 2.27. The smallest absolute Gasteiger partial charge is 0.264 e. The van der Waals surface area contributed by atoms with Crippen molar-refractivity contribution in [1.29, 1.82) is 0 Å². The zero-order chi connectivity index (χ0) is 27.3. The maximum absolute atomic E-state index is 13.8. The van der Waals surface area contributed by atoms with Crippen LogP contribution < -0.4 is 9.62 Å². The zero-order valence-corrected chi connectivity index (χ0v) is 23.4. The van der Waals surface area contributed by atoms with Crippen molar-refractivity contribution in [2.45, 2.75) is 38.3 Å². The molecule has 0 fully saturated rings. The highest BCUT2D eigenvalue weighted by Gasteiger charge is 2.32. The Morgan fingerprint density at radius 2 is 1.59 bits per heavy atom. The highest BCUT2D eigenvalue weighted by atomic mass is 35.5. The van der Waals surface area contributed by atoms with Crippen LogP contribution in [-0.4, -0.2) is 44.8 Å². The maximum atomic E-state index is 13.8. The van der Waals surface area contributed by atoms with E-state index in [1.807, 2.05) is 19.9 Å². The number of sulfonamides is 1. The number of benzene rings is 3. The van der Waals surface area contributed by atoms with Crippen LogP contribution in [0.3, 0.4) is 0 Å². The number of nitrogens with one attached hydrogen (secondary N) is 1. The van der Waals surface area contributed by atoms with Gasteiger partial charge in [-0.15, -0.1) is 0 Å². The summed E-state index contributed by atoms with van der Waals surface area (Å²) in [5.41, 5.74) is 2.72. The minimum absolute atomic E-state index is 0.0244. The number of hydrogen-bond donors (Lipinski definition) is 1. The second kappa shape index (κ2) is 12.0. The molecule has 3 rings (SSSR count). The Hall–Kier alpha value is -3.07. The number of nitrogens with zero attached hydrogens (tertiary/aromatic N) is 2. The Kier molecular flexibility index (Phi) is 9.23. The van der Waals surface area contributed by atoms with E-state index in [2.05, 4.69) is 5.32 Å². The predicted molar refractivity (Wildman–Crippen MR) is 147 cm³/mol. The van der Waals surface area contributed by atoms with Crippen LogP contribution in [0.15, 0.2) is 71.6 Å². The van der Waals surface area contributed by atoms with Crippen LogP contribution >= 0.6 is 23.2 Å². The summed E-state index contributed by atoms with van der Waals surface area (Å²) in [5.74, 6) is -0.948. The van der Waals surface area contributed by atoms with Crippen LogP contribution in [0.4, 0.5) is 5.69 Å². The molecule has 3 aromatic carbocycles. The molecule has 1 atom stereocenters. The lowest BCUT2D eigenvalue weighted by atomic mass is 10.1. The number of rotatable bonds is 9. The number of anilines is 1. The molecule has 0 spiro atoms. The largest absolute Gasteiger partial charge is 0.357 e. The van der Waals surface area contributed by atoms with Gasteiger partial charge in [-0.05, 0) is 68.3 Å². The van der Waals surface area contributed by atoms with Gasteiger partial charge < -0.3 is 10.2 Å². The SMILES string of the molecule is CNC(=O)[C@@H](C)N(Cc1ccc(Cl)c(Cl)c1)C(=O)CN(c1cccc(C)c1)S(=O)(=O)c1ccc(C)cc1. The molecule has 7 nitrogen and oxygen atoms in total. The van der Waals surface area contributed by atoms with Crippen LogP contribution in [0.2, 0.25) is 10.0 Å². The highest BCUT2D eigenvalue weighted by molar-refractivity contribution is 7.92. The topological polar surface area (TPSA) is 86.8 Å². The quantitative estimate of drug-likeness (QED) is 0.399. The molecule has 0 aliphatic rings. The standard InChI is InChI=1S/C27H29Cl2N3O4S/c1-18-8-11-23(12-9-18)37(35,36)32(22-7-5-6-19(2)14-22)17-26(33)31(20(3)27(34)30-4)16-21-10-13-24(28)25(29)15-21/h5-15,20H,16-17H2,1-4H3,(H,30,34)/t20-/m1/s1. The van der Waals surface area contributed by atoms with E-state index in [0.717, 1.165) is 15.4 Å². The van der Waals surface area contributed by atoms with E-state index in [4.69, 9.17) is 23.2 Å². The van der Waals surface area contributed by atoms with Crippen LogP contribution in [0.1, 0.15) is 23.6 Å². The van der Waals surface area contributed by atoms with Gasteiger partial charge in [0.25, 0.3) is 10.0 Å². The van der Waals surface area contributed by atoms with Crippen LogP contribution in [0.25, 0.3) is 0 Å². The molecule has 0 aromatic heterocycles. The molecule has 0 unspecified atom stereocenters. The van der Waals surface area contributed by atoms with Gasteiger partial charge in [0.2, 0.25) is 11.8 Å². The molecular weight excluding hydrogens is 533 g/mol. The molecule has 10 heteroatoms. The molecule has 0 radical (unpaired) electrons. The van der Waals surface area contributed by atoms with Gasteiger partial charge in [-0.2, -0.15) is 0 Å². The minimum Gasteiger partial charge on any atom is -0.357 e. The molecular formula is C27H29Cl2N3O4S. The summed E-state index contributed by atoms with van der Waals surface area (Å²) < 4.78 is 28.6. The second-order valence-electron chi connectivity index (χ2n) is 8.72. The number of amides is 2. The number of likely N-dealkylation sites (N-methyl/N-ethyl adjacent to an activating group) is 1. The van der Waals surface area contributed by atoms with Gasteiger partial charge >= 0.3 is 0 Å². The zero-order valence-electron chi connectivity index (χ0n) is 21.0. The van der Waals surface area contributed by atoms with Crippen molar-refractivity contribution in [3.8, 4) is 0 Å². The van der Waals surface area contributed by atoms with E-state index in [1.54, 1.807) is 55.5 Å². The first-order chi connectivity index (χ1) is 17.4. The fourth-order valence-electron chi connectivity index (χ4n) is 3.78. The summed E-state index contributed by atoms with van der Waals surface area (Å²) in [6.45, 7) is 4.80. The summed E-state index contributed by atoms with van der Waals surface area (Å²) in [6, 6.07) is 17.4. The van der Waals surface area contributed by atoms with Crippen molar-refractivity contribution in [3.05, 3.63) is 93.5 Å². The third kappa shape index (κ3) is 6.83. The van der Waals surface area contributed by atoms with Gasteiger partial charge in [0.05, 0.1) is 20.6 Å². The molecule has 0 saturated carbocycles. The van der Waals surface area contributed by atoms with Gasteiger partial charge in [0.15, 0.2) is 0 Å². The van der Waals surface area contributed by atoms with Crippen LogP contribution in [0.5, 0.6) is 0 Å². The van der Waals surface area contributed by atoms with Crippen LogP contribution in [0, 0.1) is 13.8 Å². The summed E-state index contributed by atoms with van der Waals surface area (Å²) in [6.07, 6.45) is 0. The number of carbonyl (C=O) groups excluding carboxylic acids is 2. The molecule has 2 amide bonds. The van der Waals surface area contributed by atoms with Crippen molar-refractivity contribution >= 4 is 50.7 Å². The van der Waals surface area contributed by atoms with E-state index >= 15 is 0 Å². The Morgan fingerprint density at radius 3 is 2.19 bits per heavy atom. The van der Waals surface area contributed by atoms with E-state index in [9.17, 15) is 18.0 Å². The lowest BCUT2D eigenvalue weighted by Gasteiger charge is -2.32. The summed E-state index contributed by atoms with van der Waals surface area (Å²) in [4.78, 5) is 27.7. The predicted octanol–water partition coefficient (Wildman–Crippen LogP) is 4.97. The first-order valence-corrected chi connectivity index (χ1v) is 13.7. The average Bonchev–Trinajstić information content (AvgIpc) is 2.87. The molecule has 0 aliphatic heterocycles. The molecule has 196 valence electrons. The van der Waals surface area contributed by atoms with Crippen LogP contribution in [-0.2, 0) is 26.2 Å². The summed E-state index contributed by atoms with van der Waals surface area (Å²) >= 11 is 12.2. The first-order valence-electron chi connectivity index (χ1n) is 11.5. The fraction of sp³-hybridized carbons (Fsp3) is 0.259. The van der Waals surface area contributed by atoms with Gasteiger partial charge in [0, 0.05) is 13.6 Å². The number of carbonyl (C=O) groups is 2. The third-order valence-corrected chi connectivity index (χ3v) is 8.46. The Labute approximate surface area is 228 Å². The van der Waals surface area contributed by atoms with E-state index in [0.29, 0.717) is 21.3 Å². The van der Waals surface area contributed by atoms with E-state index in [1.165, 1.54) is 24.1 Å². The molecule has 0 heterocycles. The van der Waals surface area contributed by atoms with Gasteiger partial charge in [-0.25, -0.2) is 8.42 Å². The average molecular weight is 563 g/mol. The van der Waals surface area contributed by atoms with E-state index in [-0.39, 0.29) is 11.4 Å². The van der Waals surface area contributed by atoms with Crippen molar-refractivity contribution in [1.82, 2.24) is 10.2 Å². The van der Waals surface area contributed by atoms with Gasteiger partial charge in [0.1, 0.15) is 12.6 Å². The minimum atomic E-state index is -4.11. The van der Waals surface area contributed by atoms with Crippen molar-refractivity contribution in [3.63, 3.8) is 0 Å². The van der Waals surface area contributed by atoms with Crippen molar-refractivity contribution in [2.75, 3.05) is 17.9 Å². The third-order valence-electron chi connectivity index (χ3n) is 5.93. The molecule has 0 bridgehead atoms. The van der Waals surface area contributed by atoms with Gasteiger partial charge in [-0.1, -0.05) is 59.1 Å². The molecule has 0 aliphatic carbocycles. The number of aryl methyl sites for hydroxylation is 2. The fourth-order valence-corrected chi connectivity index (χ4v) is 5.50. The second-order valence-corrected chi connectivity index (χ2v) is 11.4. The molecule has 0 saturated heterocycles. The monoisotopic (exact) mass is 561 g/mol.